The summed E-state index contributed by atoms with van der Waals surface area (Å²) in [6.07, 6.45) is 0. The van der Waals surface area contributed by atoms with Crippen LogP contribution in [0.4, 0.5) is 0 Å². The number of halogens is 2. The van der Waals surface area contributed by atoms with E-state index in [0.29, 0.717) is 17.1 Å². The molecule has 0 heterocycles. The Bertz CT molecular complexity index is 396. The van der Waals surface area contributed by atoms with Crippen LogP contribution >= 0.6 is 23.2 Å². The van der Waals surface area contributed by atoms with E-state index in [-0.39, 0.29) is 23.3 Å². The molecule has 1 aromatic carbocycles. The van der Waals surface area contributed by atoms with E-state index < -0.39 is 0 Å². The van der Waals surface area contributed by atoms with Crippen LogP contribution < -0.4 is 10.4 Å². The molecule has 0 bridgehead atoms. The summed E-state index contributed by atoms with van der Waals surface area (Å²) < 4.78 is 4.47. The summed E-state index contributed by atoms with van der Waals surface area (Å²) in [5.41, 5.74) is 0.474. The molecule has 0 amide bonds. The van der Waals surface area contributed by atoms with Gasteiger partial charge in [0.15, 0.2) is 6.54 Å². The van der Waals surface area contributed by atoms with Crippen LogP contribution in [-0.4, -0.2) is 19.6 Å². The minimum atomic E-state index is -0.347. The molecule has 0 atom stereocenters. The zero-order valence-corrected chi connectivity index (χ0v) is 10.1. The number of benzene rings is 1. The van der Waals surface area contributed by atoms with Gasteiger partial charge in [0, 0.05) is 15.6 Å². The smallest absolute Gasteiger partial charge is 0.361 e. The van der Waals surface area contributed by atoms with Crippen molar-refractivity contribution in [2.24, 2.45) is 0 Å². The van der Waals surface area contributed by atoms with Crippen LogP contribution in [0.15, 0.2) is 12.1 Å². The van der Waals surface area contributed by atoms with Crippen molar-refractivity contribution in [2.75, 3.05) is 13.7 Å². The number of esters is 1. The van der Waals surface area contributed by atoms with Crippen LogP contribution in [0.1, 0.15) is 5.56 Å². The second-order valence-corrected chi connectivity index (χ2v) is 3.99. The predicted octanol–water partition coefficient (Wildman–Crippen LogP) is 0.303. The van der Waals surface area contributed by atoms with E-state index in [1.165, 1.54) is 13.2 Å². The number of nitrogens with two attached hydrogens (primary N) is 1. The molecule has 0 aromatic heterocycles. The van der Waals surface area contributed by atoms with Gasteiger partial charge in [0.05, 0.1) is 7.11 Å². The molecule has 0 saturated carbocycles. The summed E-state index contributed by atoms with van der Waals surface area (Å²) in [5.74, 6) is -0.604. The average molecular weight is 264 g/mol. The van der Waals surface area contributed by atoms with Crippen LogP contribution in [-0.2, 0) is 16.1 Å². The molecule has 6 heteroatoms. The summed E-state index contributed by atoms with van der Waals surface area (Å²) in [6, 6.07) is 2.94. The highest BCUT2D eigenvalue weighted by molar-refractivity contribution is 6.35. The Kier molecular flexibility index (Phi) is 4.86. The predicted molar refractivity (Wildman–Crippen MR) is 58.4 cm³/mol. The van der Waals surface area contributed by atoms with E-state index in [2.05, 4.69) is 4.74 Å². The first-order valence-electron chi connectivity index (χ1n) is 4.58. The van der Waals surface area contributed by atoms with E-state index in [4.69, 9.17) is 23.2 Å². The number of carbonyl (C=O) groups is 1. The van der Waals surface area contributed by atoms with Crippen molar-refractivity contribution in [1.29, 1.82) is 0 Å². The highest BCUT2D eigenvalue weighted by Gasteiger charge is 2.06. The first-order chi connectivity index (χ1) is 7.54. The lowest BCUT2D eigenvalue weighted by molar-refractivity contribution is -0.661. The molecule has 16 heavy (non-hydrogen) atoms. The summed E-state index contributed by atoms with van der Waals surface area (Å²) in [5, 5.41) is 13.7. The fourth-order valence-corrected chi connectivity index (χ4v) is 1.73. The second kappa shape index (κ2) is 5.94. The summed E-state index contributed by atoms with van der Waals surface area (Å²) >= 11 is 11.4. The van der Waals surface area contributed by atoms with Gasteiger partial charge >= 0.3 is 5.97 Å². The first kappa shape index (κ1) is 13.1. The van der Waals surface area contributed by atoms with Crippen LogP contribution in [0.3, 0.4) is 0 Å². The Hall–Kier alpha value is -0.970. The van der Waals surface area contributed by atoms with Gasteiger partial charge in [-0.25, -0.2) is 4.79 Å². The Morgan fingerprint density at radius 3 is 2.81 bits per heavy atom. The molecule has 0 unspecified atom stereocenters. The molecular weight excluding hydrogens is 253 g/mol. The SMILES string of the molecule is COC(=O)C[NH2+]Cc1cc(Cl)cc(Cl)c1[O-]. The molecule has 4 nitrogen and oxygen atoms in total. The quantitative estimate of drug-likeness (QED) is 0.795. The van der Waals surface area contributed by atoms with E-state index in [9.17, 15) is 9.90 Å². The molecule has 88 valence electrons. The third kappa shape index (κ3) is 3.56. The number of ether oxygens (including phenoxy) is 1. The van der Waals surface area contributed by atoms with Gasteiger partial charge in [0.2, 0.25) is 0 Å². The number of hydrogen-bond acceptors (Lipinski definition) is 3. The van der Waals surface area contributed by atoms with Gasteiger partial charge in [0.25, 0.3) is 0 Å². The minimum Gasteiger partial charge on any atom is -0.871 e. The van der Waals surface area contributed by atoms with E-state index >= 15 is 0 Å². The maximum atomic E-state index is 11.5. The standard InChI is InChI=1S/C10H11Cl2NO3/c1-16-9(14)5-13-4-6-2-7(11)3-8(12)10(6)15/h2-3,13,15H,4-5H2,1H3. The number of carbonyl (C=O) groups excluding carboxylic acids is 1. The van der Waals surface area contributed by atoms with Gasteiger partial charge in [0.1, 0.15) is 6.54 Å². The molecule has 1 rings (SSSR count). The molecule has 1 aromatic rings. The van der Waals surface area contributed by atoms with Crippen molar-refractivity contribution in [2.45, 2.75) is 6.54 Å². The van der Waals surface area contributed by atoms with E-state index in [1.54, 1.807) is 11.4 Å². The van der Waals surface area contributed by atoms with Gasteiger partial charge in [-0.15, -0.1) is 0 Å². The van der Waals surface area contributed by atoms with Crippen molar-refractivity contribution in [3.63, 3.8) is 0 Å². The molecule has 0 fully saturated rings. The van der Waals surface area contributed by atoms with Crippen molar-refractivity contribution in [3.05, 3.63) is 27.7 Å². The van der Waals surface area contributed by atoms with Gasteiger partial charge in [-0.2, -0.15) is 0 Å². The Morgan fingerprint density at radius 1 is 1.50 bits per heavy atom. The minimum absolute atomic E-state index is 0.0916. The molecular formula is C10H11Cl2NO3. The van der Waals surface area contributed by atoms with E-state index in [1.807, 2.05) is 0 Å². The first-order valence-corrected chi connectivity index (χ1v) is 5.33. The lowest BCUT2D eigenvalue weighted by Crippen LogP contribution is -2.84. The lowest BCUT2D eigenvalue weighted by atomic mass is 10.2. The average Bonchev–Trinajstić information content (AvgIpc) is 2.24. The Morgan fingerprint density at radius 2 is 2.19 bits per heavy atom. The van der Waals surface area contributed by atoms with Crippen molar-refractivity contribution < 1.29 is 20.0 Å². The summed E-state index contributed by atoms with van der Waals surface area (Å²) in [7, 11) is 1.31. The molecule has 0 aliphatic carbocycles. The molecule has 0 spiro atoms. The monoisotopic (exact) mass is 263 g/mol. The fraction of sp³-hybridized carbons (Fsp3) is 0.300. The third-order valence-electron chi connectivity index (χ3n) is 1.99. The van der Waals surface area contributed by atoms with Crippen molar-refractivity contribution >= 4 is 29.2 Å². The normalized spacial score (nSPS) is 10.2. The number of methoxy groups -OCH3 is 1. The maximum absolute atomic E-state index is 11.5. The summed E-state index contributed by atoms with van der Waals surface area (Å²) in [6.45, 7) is 0.494. The zero-order chi connectivity index (χ0) is 12.1. The number of rotatable bonds is 4. The Labute approximate surface area is 103 Å². The molecule has 0 radical (unpaired) electrons. The van der Waals surface area contributed by atoms with Gasteiger partial charge in [-0.3, -0.25) is 0 Å². The third-order valence-corrected chi connectivity index (χ3v) is 2.49. The van der Waals surface area contributed by atoms with Crippen LogP contribution in [0.2, 0.25) is 10.0 Å². The number of quaternary nitrogens is 1. The highest BCUT2D eigenvalue weighted by atomic mass is 35.5. The largest absolute Gasteiger partial charge is 0.871 e. The molecule has 0 aliphatic heterocycles. The van der Waals surface area contributed by atoms with Crippen molar-refractivity contribution in [3.8, 4) is 5.75 Å². The fourth-order valence-electron chi connectivity index (χ4n) is 1.19. The number of hydrogen-bond donors (Lipinski definition) is 1. The van der Waals surface area contributed by atoms with Crippen LogP contribution in [0, 0.1) is 0 Å². The Balaban J connectivity index is 2.63. The zero-order valence-electron chi connectivity index (χ0n) is 8.63. The van der Waals surface area contributed by atoms with Crippen LogP contribution in [0.25, 0.3) is 0 Å². The van der Waals surface area contributed by atoms with Crippen LogP contribution in [0.5, 0.6) is 5.75 Å². The van der Waals surface area contributed by atoms with Gasteiger partial charge < -0.3 is 15.2 Å². The maximum Gasteiger partial charge on any atom is 0.361 e. The molecule has 0 aliphatic rings. The van der Waals surface area contributed by atoms with Crippen molar-refractivity contribution in [1.82, 2.24) is 0 Å². The molecule has 0 saturated heterocycles. The van der Waals surface area contributed by atoms with E-state index in [0.717, 1.165) is 0 Å². The second-order valence-electron chi connectivity index (χ2n) is 3.15. The molecule has 2 N–H and O–H groups in total. The highest BCUT2D eigenvalue weighted by Crippen LogP contribution is 2.28. The van der Waals surface area contributed by atoms with Gasteiger partial charge in [-0.05, 0) is 12.1 Å². The summed E-state index contributed by atoms with van der Waals surface area (Å²) in [4.78, 5) is 10.8. The topological polar surface area (TPSA) is 66.0 Å². The lowest BCUT2D eigenvalue weighted by Gasteiger charge is -2.14. The van der Waals surface area contributed by atoms with Gasteiger partial charge in [-0.1, -0.05) is 29.0 Å².